The number of thiocarbonyl (C=S) groups is 2. The molecule has 2 aromatic carbocycles. The third-order valence-corrected chi connectivity index (χ3v) is 12.3. The third kappa shape index (κ3) is 9.98. The molecule has 6 N–H and O–H groups in total. The van der Waals surface area contributed by atoms with Gasteiger partial charge in [-0.15, -0.1) is 0 Å². The average molecular weight is 843 g/mol. The van der Waals surface area contributed by atoms with E-state index in [9.17, 15) is 28.8 Å². The summed E-state index contributed by atoms with van der Waals surface area (Å²) in [4.78, 5) is 93.6. The molecule has 2 aromatic heterocycles. The van der Waals surface area contributed by atoms with Crippen LogP contribution in [0.5, 0.6) is 0 Å². The number of amides is 6. The van der Waals surface area contributed by atoms with Crippen LogP contribution < -0.4 is 21.7 Å². The molecule has 0 unspecified atom stereocenters. The molecule has 4 heterocycles. The van der Waals surface area contributed by atoms with Gasteiger partial charge in [-0.3, -0.25) is 60.3 Å². The maximum absolute atomic E-state index is 13.3. The zero-order chi connectivity index (χ0) is 38.2. The molecule has 16 nitrogen and oxygen atoms in total. The van der Waals surface area contributed by atoms with Gasteiger partial charge in [0.25, 0.3) is 11.8 Å². The van der Waals surface area contributed by atoms with Gasteiger partial charge in [0.1, 0.15) is 8.64 Å². The monoisotopic (exact) mass is 842 g/mol. The number of carbonyl (C=O) groups excluding carboxylic acids is 6. The highest BCUT2D eigenvalue weighted by atomic mass is 32.2. The van der Waals surface area contributed by atoms with Gasteiger partial charge in [0, 0.05) is 25.9 Å². The van der Waals surface area contributed by atoms with Crippen molar-refractivity contribution in [3.63, 3.8) is 0 Å². The van der Waals surface area contributed by atoms with E-state index in [0.29, 0.717) is 10.3 Å². The molecule has 6 amide bonds. The van der Waals surface area contributed by atoms with Crippen molar-refractivity contribution in [2.75, 3.05) is 24.6 Å². The number of hydrazine groups is 2. The highest BCUT2D eigenvalue weighted by Crippen LogP contribution is 2.42. The Bertz CT molecular complexity index is 1990. The van der Waals surface area contributed by atoms with Gasteiger partial charge in [-0.2, -0.15) is 0 Å². The minimum absolute atomic E-state index is 0.00418. The van der Waals surface area contributed by atoms with Crippen LogP contribution in [0.25, 0.3) is 22.1 Å². The van der Waals surface area contributed by atoms with Crippen LogP contribution in [-0.4, -0.2) is 98.4 Å². The van der Waals surface area contributed by atoms with Crippen molar-refractivity contribution in [3.05, 3.63) is 58.3 Å². The molecule has 0 bridgehead atoms. The summed E-state index contributed by atoms with van der Waals surface area (Å²) in [6.07, 6.45) is 0.506. The van der Waals surface area contributed by atoms with Crippen LogP contribution in [0.3, 0.4) is 0 Å². The van der Waals surface area contributed by atoms with Gasteiger partial charge in [-0.05, 0) is 37.1 Å². The van der Waals surface area contributed by atoms with Gasteiger partial charge < -0.3 is 9.97 Å². The number of carbonyl (C=O) groups is 6. The Morgan fingerprint density at radius 3 is 1.43 bits per heavy atom. The Morgan fingerprint density at radius 2 is 1.02 bits per heavy atom. The molecule has 2 saturated heterocycles. The first-order valence-corrected chi connectivity index (χ1v) is 20.6. The molecule has 2 aliphatic rings. The van der Waals surface area contributed by atoms with Crippen LogP contribution in [0.15, 0.2) is 68.7 Å². The van der Waals surface area contributed by atoms with Crippen LogP contribution in [-0.2, 0) is 28.8 Å². The van der Waals surface area contributed by atoms with Crippen molar-refractivity contribution in [1.29, 1.82) is 0 Å². The number of thioether (sulfide) groups is 4. The van der Waals surface area contributed by atoms with E-state index in [1.54, 1.807) is 0 Å². The predicted molar refractivity (Wildman–Crippen MR) is 216 cm³/mol. The van der Waals surface area contributed by atoms with Crippen LogP contribution in [0.2, 0.25) is 0 Å². The summed E-state index contributed by atoms with van der Waals surface area (Å²) < 4.78 is 0.484. The van der Waals surface area contributed by atoms with E-state index in [1.165, 1.54) is 33.3 Å². The number of nitrogens with one attached hydrogen (secondary N) is 6. The number of para-hydroxylation sites is 4. The van der Waals surface area contributed by atoms with E-state index in [4.69, 9.17) is 24.4 Å². The second-order valence-corrected chi connectivity index (χ2v) is 16.6. The standard InChI is InChI=1S/C32H30N10O6S6/c43-21(37-39-23(45)15-51-29-33-17-7-1-2-8-18(17)34-29)11-5-13-41-27(47)25(53-31(41)49)26-28(48)42(32(50)54-26)14-6-12-22(44)38-40-24(46)16-52-30-35-19-9-3-4-10-20(19)36-30/h1-4,7-10H,5-6,11-16H2,(H,33,34)(H,35,36)(H,37,43)(H,38,44)(H,39,45)(H,40,46)/b26-25+. The SMILES string of the molecule is O=C(CCCN1C(=O)/C(=C2\SC(=S)N(CCCC(=O)NNC(=O)CSc3nc4ccccc4[nH]3)C2=O)SC1=S)NNC(=O)CSc1nc2ccccc2[nH]1. The van der Waals surface area contributed by atoms with E-state index in [0.717, 1.165) is 45.6 Å². The number of benzene rings is 2. The number of rotatable bonds is 14. The van der Waals surface area contributed by atoms with E-state index < -0.39 is 35.4 Å². The lowest BCUT2D eigenvalue weighted by molar-refractivity contribution is -0.128. The van der Waals surface area contributed by atoms with Gasteiger partial charge >= 0.3 is 0 Å². The maximum atomic E-state index is 13.3. The molecule has 2 fully saturated rings. The van der Waals surface area contributed by atoms with Crippen LogP contribution >= 0.6 is 71.5 Å². The third-order valence-electron chi connectivity index (χ3n) is 7.57. The summed E-state index contributed by atoms with van der Waals surface area (Å²) in [5.74, 6) is -2.59. The zero-order valence-corrected chi connectivity index (χ0v) is 32.9. The van der Waals surface area contributed by atoms with E-state index in [-0.39, 0.29) is 68.7 Å². The average Bonchev–Trinajstić information content (AvgIpc) is 3.91. The molecular formula is C32H30N10O6S6. The van der Waals surface area contributed by atoms with Gasteiger partial charge in [0.15, 0.2) is 10.3 Å². The number of imidazole rings is 2. The van der Waals surface area contributed by atoms with Crippen molar-refractivity contribution in [2.24, 2.45) is 0 Å². The first-order valence-electron chi connectivity index (χ1n) is 16.2. The van der Waals surface area contributed by atoms with Crippen LogP contribution in [0, 0.1) is 0 Å². The summed E-state index contributed by atoms with van der Waals surface area (Å²) in [7, 11) is 0. The number of aromatic nitrogens is 4. The molecule has 54 heavy (non-hydrogen) atoms. The molecule has 22 heteroatoms. The van der Waals surface area contributed by atoms with Gasteiger partial charge in [-0.25, -0.2) is 9.97 Å². The highest BCUT2D eigenvalue weighted by molar-refractivity contribution is 8.29. The van der Waals surface area contributed by atoms with E-state index in [2.05, 4.69) is 41.6 Å². The number of H-pyrrole nitrogens is 2. The Morgan fingerprint density at radius 1 is 0.630 bits per heavy atom. The Hall–Kier alpha value is -4.48. The number of fused-ring (bicyclic) bond motifs is 2. The first-order chi connectivity index (χ1) is 26.0. The second kappa shape index (κ2) is 18.2. The smallest absolute Gasteiger partial charge is 0.267 e. The molecule has 0 aliphatic carbocycles. The summed E-state index contributed by atoms with van der Waals surface area (Å²) in [6.45, 7) is 0.254. The predicted octanol–water partition coefficient (Wildman–Crippen LogP) is 3.11. The van der Waals surface area contributed by atoms with Crippen LogP contribution in [0.1, 0.15) is 25.7 Å². The summed E-state index contributed by atoms with van der Waals surface area (Å²) in [5.41, 5.74) is 12.8. The summed E-state index contributed by atoms with van der Waals surface area (Å²) >= 11 is 15.2. The molecule has 6 rings (SSSR count). The number of hydrogen-bond donors (Lipinski definition) is 6. The molecular weight excluding hydrogens is 813 g/mol. The fourth-order valence-corrected chi connectivity index (χ4v) is 9.13. The Kier molecular flexibility index (Phi) is 13.2. The lowest BCUT2D eigenvalue weighted by Crippen LogP contribution is -2.42. The van der Waals surface area contributed by atoms with Crippen molar-refractivity contribution in [1.82, 2.24) is 51.4 Å². The van der Waals surface area contributed by atoms with Crippen molar-refractivity contribution in [2.45, 2.75) is 36.0 Å². The molecule has 2 aliphatic heterocycles. The van der Waals surface area contributed by atoms with Crippen molar-refractivity contribution >= 4 is 138 Å². The number of hydrogen-bond acceptors (Lipinski definition) is 14. The van der Waals surface area contributed by atoms with Crippen molar-refractivity contribution in [3.8, 4) is 0 Å². The van der Waals surface area contributed by atoms with E-state index >= 15 is 0 Å². The fourth-order valence-electron chi connectivity index (χ4n) is 4.99. The number of aromatic amines is 2. The lowest BCUT2D eigenvalue weighted by Gasteiger charge is -2.15. The molecule has 0 atom stereocenters. The number of nitrogens with zero attached hydrogens (tertiary/aromatic N) is 4. The minimum atomic E-state index is -0.463. The van der Waals surface area contributed by atoms with Gasteiger partial charge in [0.2, 0.25) is 23.6 Å². The molecule has 4 aromatic rings. The van der Waals surface area contributed by atoms with Crippen molar-refractivity contribution < 1.29 is 28.8 Å². The lowest BCUT2D eigenvalue weighted by atomic mass is 10.2. The molecule has 0 spiro atoms. The molecule has 0 saturated carbocycles. The topological polar surface area (TPSA) is 214 Å². The van der Waals surface area contributed by atoms with Crippen LogP contribution in [0.4, 0.5) is 0 Å². The van der Waals surface area contributed by atoms with Gasteiger partial charge in [0.05, 0.1) is 43.4 Å². The minimum Gasteiger partial charge on any atom is -0.333 e. The maximum Gasteiger partial charge on any atom is 0.267 e. The summed E-state index contributed by atoms with van der Waals surface area (Å²) in [6, 6.07) is 15.0. The normalized spacial score (nSPS) is 15.8. The van der Waals surface area contributed by atoms with Gasteiger partial charge in [-0.1, -0.05) is 95.7 Å². The first kappa shape index (κ1) is 39.2. The quantitative estimate of drug-likeness (QED) is 0.0466. The Balaban J connectivity index is 0.873. The largest absolute Gasteiger partial charge is 0.333 e. The fraction of sp³-hybridized carbons (Fsp3) is 0.250. The highest BCUT2D eigenvalue weighted by Gasteiger charge is 2.41. The summed E-state index contributed by atoms with van der Waals surface area (Å²) in [5, 5.41) is 1.16. The Labute approximate surface area is 334 Å². The second-order valence-electron chi connectivity index (χ2n) is 11.4. The van der Waals surface area contributed by atoms with E-state index in [1.807, 2.05) is 48.5 Å². The zero-order valence-electron chi connectivity index (χ0n) is 28.0. The molecule has 0 radical (unpaired) electrons. The molecule has 280 valence electrons.